The number of halogens is 1. The van der Waals surface area contributed by atoms with Gasteiger partial charge in [0.2, 0.25) is 0 Å². The quantitative estimate of drug-likeness (QED) is 0.359. The zero-order valence-corrected chi connectivity index (χ0v) is 18.7. The van der Waals surface area contributed by atoms with Crippen molar-refractivity contribution in [1.82, 2.24) is 15.5 Å². The van der Waals surface area contributed by atoms with Gasteiger partial charge in [-0.2, -0.15) is 0 Å². The molecule has 2 rings (SSSR count). The van der Waals surface area contributed by atoms with Gasteiger partial charge in [0.15, 0.2) is 5.96 Å². The van der Waals surface area contributed by atoms with Crippen LogP contribution in [0.1, 0.15) is 25.0 Å². The van der Waals surface area contributed by atoms with Gasteiger partial charge in [-0.05, 0) is 25.0 Å². The normalized spacial score (nSPS) is 19.5. The maximum atomic E-state index is 5.61. The van der Waals surface area contributed by atoms with Gasteiger partial charge in [0.05, 0.1) is 19.3 Å². The number of hydrogen-bond donors (Lipinski definition) is 2. The minimum atomic E-state index is 0. The van der Waals surface area contributed by atoms with Crippen molar-refractivity contribution in [2.75, 3.05) is 40.5 Å². The van der Waals surface area contributed by atoms with E-state index in [1.165, 1.54) is 11.1 Å². The van der Waals surface area contributed by atoms with Gasteiger partial charge >= 0.3 is 0 Å². The highest BCUT2D eigenvalue weighted by molar-refractivity contribution is 14.0. The third kappa shape index (κ3) is 8.20. The van der Waals surface area contributed by atoms with Crippen LogP contribution in [0.5, 0.6) is 0 Å². The summed E-state index contributed by atoms with van der Waals surface area (Å²) >= 11 is 0. The summed E-state index contributed by atoms with van der Waals surface area (Å²) in [6, 6.07) is 8.94. The van der Waals surface area contributed by atoms with Crippen LogP contribution >= 0.6 is 24.0 Å². The molecule has 1 saturated heterocycles. The van der Waals surface area contributed by atoms with Gasteiger partial charge in [-0.1, -0.05) is 24.3 Å². The molecule has 2 unspecified atom stereocenters. The Hall–Kier alpha value is -0.900. The highest BCUT2D eigenvalue weighted by Crippen LogP contribution is 2.12. The van der Waals surface area contributed by atoms with Crippen LogP contribution < -0.4 is 10.6 Å². The smallest absolute Gasteiger partial charge is 0.191 e. The molecule has 0 bridgehead atoms. The van der Waals surface area contributed by atoms with Crippen molar-refractivity contribution in [1.29, 1.82) is 0 Å². The van der Waals surface area contributed by atoms with E-state index in [9.17, 15) is 0 Å². The van der Waals surface area contributed by atoms with Crippen molar-refractivity contribution in [2.24, 2.45) is 4.99 Å². The molecule has 0 aromatic heterocycles. The van der Waals surface area contributed by atoms with E-state index in [0.717, 1.165) is 38.7 Å². The fourth-order valence-corrected chi connectivity index (χ4v) is 3.04. The minimum Gasteiger partial charge on any atom is -0.383 e. The summed E-state index contributed by atoms with van der Waals surface area (Å²) in [5.41, 5.74) is 2.59. The molecule has 0 radical (unpaired) electrons. The van der Waals surface area contributed by atoms with Crippen molar-refractivity contribution in [3.63, 3.8) is 0 Å². The molecule has 1 heterocycles. The average Bonchev–Trinajstić information content (AvgIpc) is 2.59. The van der Waals surface area contributed by atoms with Crippen molar-refractivity contribution < 1.29 is 9.47 Å². The summed E-state index contributed by atoms with van der Waals surface area (Å²) < 4.78 is 10.8. The van der Waals surface area contributed by atoms with E-state index in [2.05, 4.69) is 58.6 Å². The van der Waals surface area contributed by atoms with Gasteiger partial charge in [-0.25, -0.2) is 0 Å². The van der Waals surface area contributed by atoms with Gasteiger partial charge in [0.25, 0.3) is 0 Å². The molecule has 6 nitrogen and oxygen atoms in total. The molecule has 1 aliphatic rings. The van der Waals surface area contributed by atoms with Crippen LogP contribution in [-0.4, -0.2) is 63.5 Å². The summed E-state index contributed by atoms with van der Waals surface area (Å²) in [5.74, 6) is 0.789. The number of guanidine groups is 1. The third-order valence-corrected chi connectivity index (χ3v) is 4.21. The van der Waals surface area contributed by atoms with E-state index >= 15 is 0 Å². The first kappa shape index (κ1) is 23.1. The van der Waals surface area contributed by atoms with Gasteiger partial charge < -0.3 is 20.1 Å². The van der Waals surface area contributed by atoms with Crippen molar-refractivity contribution in [3.8, 4) is 0 Å². The van der Waals surface area contributed by atoms with E-state index in [0.29, 0.717) is 12.7 Å². The topological polar surface area (TPSA) is 58.1 Å². The molecule has 1 aromatic carbocycles. The highest BCUT2D eigenvalue weighted by atomic mass is 127. The molecule has 2 atom stereocenters. The maximum Gasteiger partial charge on any atom is 0.191 e. The minimum absolute atomic E-state index is 0. The molecular formula is C19H33IN4O2. The Bertz CT molecular complexity index is 556. The molecule has 1 aliphatic heterocycles. The molecule has 26 heavy (non-hydrogen) atoms. The molecular weight excluding hydrogens is 443 g/mol. The predicted octanol–water partition coefficient (Wildman–Crippen LogP) is 2.23. The predicted molar refractivity (Wildman–Crippen MR) is 117 cm³/mol. The average molecular weight is 476 g/mol. The van der Waals surface area contributed by atoms with Crippen molar-refractivity contribution in [2.45, 2.75) is 39.1 Å². The zero-order chi connectivity index (χ0) is 18.1. The maximum absolute atomic E-state index is 5.61. The number of rotatable bonds is 7. The summed E-state index contributed by atoms with van der Waals surface area (Å²) in [5, 5.41) is 6.68. The van der Waals surface area contributed by atoms with Crippen LogP contribution in [0.15, 0.2) is 29.3 Å². The van der Waals surface area contributed by atoms with Gasteiger partial charge in [0, 0.05) is 46.4 Å². The lowest BCUT2D eigenvalue weighted by Gasteiger charge is -2.31. The number of hydrogen-bond acceptors (Lipinski definition) is 4. The highest BCUT2D eigenvalue weighted by Gasteiger charge is 2.16. The fourth-order valence-electron chi connectivity index (χ4n) is 3.04. The van der Waals surface area contributed by atoms with Crippen LogP contribution in [0.2, 0.25) is 0 Å². The summed E-state index contributed by atoms with van der Waals surface area (Å²) in [6.45, 7) is 9.39. The number of nitrogens with one attached hydrogen (secondary N) is 2. The van der Waals surface area contributed by atoms with Crippen molar-refractivity contribution in [3.05, 3.63) is 35.4 Å². The van der Waals surface area contributed by atoms with Crippen molar-refractivity contribution >= 4 is 29.9 Å². The first-order valence-electron chi connectivity index (χ1n) is 8.98. The van der Waals surface area contributed by atoms with E-state index in [1.54, 1.807) is 14.2 Å². The van der Waals surface area contributed by atoms with Gasteiger partial charge in [-0.3, -0.25) is 9.89 Å². The van der Waals surface area contributed by atoms with E-state index in [1.807, 2.05) is 0 Å². The molecule has 2 N–H and O–H groups in total. The van der Waals surface area contributed by atoms with E-state index in [-0.39, 0.29) is 30.0 Å². The van der Waals surface area contributed by atoms with Gasteiger partial charge in [0.1, 0.15) is 0 Å². The second-order valence-electron chi connectivity index (χ2n) is 6.66. The second-order valence-corrected chi connectivity index (χ2v) is 6.66. The van der Waals surface area contributed by atoms with E-state index in [4.69, 9.17) is 9.47 Å². The Morgan fingerprint density at radius 2 is 2.19 bits per heavy atom. The lowest BCUT2D eigenvalue weighted by molar-refractivity contribution is -0.0212. The number of nitrogens with zero attached hydrogens (tertiary/aromatic N) is 2. The number of ether oxygens (including phenoxy) is 2. The first-order valence-corrected chi connectivity index (χ1v) is 8.98. The first-order chi connectivity index (χ1) is 12.1. The lowest BCUT2D eigenvalue weighted by Crippen LogP contribution is -2.43. The monoisotopic (exact) mass is 476 g/mol. The molecule has 0 spiro atoms. The van der Waals surface area contributed by atoms with Crippen LogP contribution in [0.25, 0.3) is 0 Å². The number of morpholine rings is 1. The number of benzene rings is 1. The Morgan fingerprint density at radius 1 is 1.42 bits per heavy atom. The Labute approximate surface area is 174 Å². The Kier molecular flexibility index (Phi) is 11.1. The van der Waals surface area contributed by atoms with Crippen LogP contribution in [0, 0.1) is 0 Å². The summed E-state index contributed by atoms with van der Waals surface area (Å²) in [4.78, 5) is 6.72. The molecule has 7 heteroatoms. The van der Waals surface area contributed by atoms with Crippen LogP contribution in [0.4, 0.5) is 0 Å². The second kappa shape index (κ2) is 12.5. The fraction of sp³-hybridized carbons (Fsp3) is 0.632. The molecule has 0 saturated carbocycles. The Balaban J connectivity index is 0.00000338. The summed E-state index contributed by atoms with van der Waals surface area (Å²) in [7, 11) is 3.49. The SMILES string of the molecule is CN=C(NCc1cccc(CN2CCOC(C)C2)c1)NC(C)COC.I. The molecule has 0 amide bonds. The van der Waals surface area contributed by atoms with Crippen LogP contribution in [-0.2, 0) is 22.6 Å². The molecule has 1 aromatic rings. The molecule has 1 fully saturated rings. The summed E-state index contributed by atoms with van der Waals surface area (Å²) in [6.07, 6.45) is 0.321. The zero-order valence-electron chi connectivity index (χ0n) is 16.3. The lowest BCUT2D eigenvalue weighted by atomic mass is 10.1. The largest absolute Gasteiger partial charge is 0.383 e. The number of aliphatic imine (C=N–C) groups is 1. The Morgan fingerprint density at radius 3 is 2.88 bits per heavy atom. The molecule has 0 aliphatic carbocycles. The molecule has 148 valence electrons. The number of methoxy groups -OCH3 is 1. The third-order valence-electron chi connectivity index (χ3n) is 4.21. The van der Waals surface area contributed by atoms with Gasteiger partial charge in [-0.15, -0.1) is 24.0 Å². The van der Waals surface area contributed by atoms with Crippen LogP contribution in [0.3, 0.4) is 0 Å². The van der Waals surface area contributed by atoms with E-state index < -0.39 is 0 Å². The standard InChI is InChI=1S/C19H32N4O2.HI/c1-15(14-24-4)22-19(20-3)21-11-17-6-5-7-18(10-17)13-23-8-9-25-16(2)12-23;/h5-7,10,15-16H,8-9,11-14H2,1-4H3,(H2,20,21,22);1H.